The topological polar surface area (TPSA) is 71.1 Å². The molecule has 0 N–H and O–H groups in total. The zero-order chi connectivity index (χ0) is 23.5. The number of ether oxygens (including phenoxy) is 4. The minimum Gasteiger partial charge on any atom is -0.454 e. The van der Waals surface area contributed by atoms with E-state index in [9.17, 15) is 9.59 Å². The van der Waals surface area contributed by atoms with Crippen molar-refractivity contribution in [2.75, 3.05) is 6.61 Å². The van der Waals surface area contributed by atoms with E-state index >= 15 is 0 Å². The molecule has 1 aliphatic heterocycles. The van der Waals surface area contributed by atoms with Crippen molar-refractivity contribution in [1.29, 1.82) is 0 Å². The van der Waals surface area contributed by atoms with Gasteiger partial charge < -0.3 is 18.9 Å². The van der Waals surface area contributed by atoms with Gasteiger partial charge in [0.1, 0.15) is 12.2 Å². The van der Waals surface area contributed by atoms with E-state index in [1.165, 1.54) is 6.42 Å². The summed E-state index contributed by atoms with van der Waals surface area (Å²) >= 11 is 0. The third-order valence-corrected chi connectivity index (χ3v) is 9.13. The summed E-state index contributed by atoms with van der Waals surface area (Å²) in [4.78, 5) is 26.3. The molecule has 2 aromatic rings. The number of allylic oxidation sites excluding steroid dienone is 2. The van der Waals surface area contributed by atoms with Crippen molar-refractivity contribution in [2.24, 2.45) is 35.5 Å². The van der Waals surface area contributed by atoms with E-state index in [1.807, 2.05) is 42.5 Å². The van der Waals surface area contributed by atoms with Crippen LogP contribution in [0.2, 0.25) is 0 Å². The molecule has 3 saturated carbocycles. The zero-order valence-electron chi connectivity index (χ0n) is 19.6. The molecule has 9 unspecified atom stereocenters. The first-order valence-electron chi connectivity index (χ1n) is 13.0. The van der Waals surface area contributed by atoms with Crippen LogP contribution in [-0.4, -0.2) is 37.2 Å². The molecule has 0 amide bonds. The highest BCUT2D eigenvalue weighted by Gasteiger charge is 2.67. The Bertz CT molecular complexity index is 1180. The third-order valence-electron chi connectivity index (χ3n) is 9.13. The number of hydrogen-bond donors (Lipinski definition) is 0. The lowest BCUT2D eigenvalue weighted by Gasteiger charge is -2.40. The van der Waals surface area contributed by atoms with Crippen molar-refractivity contribution in [3.8, 4) is 0 Å². The van der Waals surface area contributed by atoms with Crippen molar-refractivity contribution in [1.82, 2.24) is 0 Å². The standard InChI is InChI=1S/C29H30O6/c30-28(20-9-5-7-16-6-1-2-8-19(16)20)34-26-21-15-22(25-18-12-11-17(14-18)24(21)25)27(26)35-29(31)33-23-10-3-4-13-32-23/h1-2,5-9,11-12,17-18,21-27H,3-4,10,13-15H2. The van der Waals surface area contributed by atoms with Crippen LogP contribution in [0.25, 0.3) is 10.8 Å². The molecule has 6 heteroatoms. The van der Waals surface area contributed by atoms with Gasteiger partial charge in [0.15, 0.2) is 0 Å². The van der Waals surface area contributed by atoms with Gasteiger partial charge in [-0.2, -0.15) is 0 Å². The van der Waals surface area contributed by atoms with Gasteiger partial charge in [0.2, 0.25) is 6.29 Å². The van der Waals surface area contributed by atoms with Crippen LogP contribution >= 0.6 is 0 Å². The Morgan fingerprint density at radius 1 is 0.800 bits per heavy atom. The summed E-state index contributed by atoms with van der Waals surface area (Å²) in [6.07, 6.45) is 7.21. The molecule has 4 bridgehead atoms. The number of esters is 1. The fourth-order valence-corrected chi connectivity index (χ4v) is 7.88. The van der Waals surface area contributed by atoms with Crippen LogP contribution in [-0.2, 0) is 18.9 Å². The van der Waals surface area contributed by atoms with E-state index in [4.69, 9.17) is 18.9 Å². The number of carbonyl (C=O) groups excluding carboxylic acids is 2. The average molecular weight is 475 g/mol. The highest BCUT2D eigenvalue weighted by molar-refractivity contribution is 6.04. The van der Waals surface area contributed by atoms with Gasteiger partial charge in [-0.15, -0.1) is 0 Å². The minimum atomic E-state index is -0.712. The maximum absolute atomic E-state index is 13.5. The van der Waals surface area contributed by atoms with Crippen molar-refractivity contribution >= 4 is 22.9 Å². The first-order valence-corrected chi connectivity index (χ1v) is 13.0. The SMILES string of the molecule is O=C(OC1CCCCO1)OC1C2CC(C1OC(=O)c1cccc3ccccc13)C1C3C=CC(C3)C21. The summed E-state index contributed by atoms with van der Waals surface area (Å²) in [5, 5.41) is 1.87. The first-order chi connectivity index (χ1) is 17.2. The van der Waals surface area contributed by atoms with Gasteiger partial charge in [-0.05, 0) is 66.2 Å². The molecule has 9 atom stereocenters. The molecule has 4 fully saturated rings. The fourth-order valence-electron chi connectivity index (χ4n) is 7.88. The molecule has 35 heavy (non-hydrogen) atoms. The van der Waals surface area contributed by atoms with E-state index in [2.05, 4.69) is 12.2 Å². The van der Waals surface area contributed by atoms with E-state index in [1.54, 1.807) is 0 Å². The van der Waals surface area contributed by atoms with Gasteiger partial charge in [-0.25, -0.2) is 9.59 Å². The Kier molecular flexibility index (Phi) is 5.12. The lowest BCUT2D eigenvalue weighted by molar-refractivity contribution is -0.158. The molecule has 5 aliphatic rings. The monoisotopic (exact) mass is 474 g/mol. The van der Waals surface area contributed by atoms with E-state index in [0.29, 0.717) is 42.3 Å². The van der Waals surface area contributed by atoms with Crippen LogP contribution < -0.4 is 0 Å². The molecule has 4 aliphatic carbocycles. The molecule has 182 valence electrons. The Hall–Kier alpha value is -2.86. The minimum absolute atomic E-state index is 0.190. The van der Waals surface area contributed by atoms with Crippen LogP contribution in [0.4, 0.5) is 4.79 Å². The summed E-state index contributed by atoms with van der Waals surface area (Å²) in [6, 6.07) is 13.5. The van der Waals surface area contributed by atoms with Gasteiger partial charge in [0.25, 0.3) is 0 Å². The van der Waals surface area contributed by atoms with Gasteiger partial charge in [0.05, 0.1) is 12.2 Å². The number of benzene rings is 2. The Morgan fingerprint density at radius 2 is 1.54 bits per heavy atom. The first kappa shape index (κ1) is 21.4. The predicted molar refractivity (Wildman–Crippen MR) is 127 cm³/mol. The van der Waals surface area contributed by atoms with Gasteiger partial charge >= 0.3 is 12.1 Å². The maximum Gasteiger partial charge on any atom is 0.511 e. The fraction of sp³-hybridized carbons (Fsp3) is 0.517. The third kappa shape index (κ3) is 3.48. The zero-order valence-corrected chi connectivity index (χ0v) is 19.6. The van der Waals surface area contributed by atoms with E-state index in [-0.39, 0.29) is 17.8 Å². The normalized spacial score (nSPS) is 38.5. The largest absolute Gasteiger partial charge is 0.511 e. The molecule has 2 aromatic carbocycles. The molecule has 6 nitrogen and oxygen atoms in total. The Labute approximate surface area is 204 Å². The van der Waals surface area contributed by atoms with E-state index in [0.717, 1.165) is 30.0 Å². The van der Waals surface area contributed by atoms with Crippen LogP contribution in [0.1, 0.15) is 42.5 Å². The van der Waals surface area contributed by atoms with Crippen molar-refractivity contribution in [2.45, 2.75) is 50.6 Å². The molecule has 0 radical (unpaired) electrons. The summed E-state index contributed by atoms with van der Waals surface area (Å²) < 4.78 is 23.2. The van der Waals surface area contributed by atoms with E-state index < -0.39 is 24.7 Å². The van der Waals surface area contributed by atoms with Gasteiger partial charge in [-0.1, -0.05) is 48.6 Å². The van der Waals surface area contributed by atoms with Crippen molar-refractivity contribution in [3.63, 3.8) is 0 Å². The maximum atomic E-state index is 13.5. The lowest BCUT2D eigenvalue weighted by atomic mass is 9.71. The smallest absolute Gasteiger partial charge is 0.454 e. The quantitative estimate of drug-likeness (QED) is 0.331. The van der Waals surface area contributed by atoms with Gasteiger partial charge in [0, 0.05) is 18.3 Å². The molecule has 7 rings (SSSR count). The van der Waals surface area contributed by atoms with Crippen molar-refractivity contribution in [3.05, 3.63) is 60.2 Å². The predicted octanol–water partition coefficient (Wildman–Crippen LogP) is 5.50. The highest BCUT2D eigenvalue weighted by atomic mass is 16.8. The van der Waals surface area contributed by atoms with Crippen molar-refractivity contribution < 1.29 is 28.5 Å². The second-order valence-corrected chi connectivity index (χ2v) is 10.8. The molecular formula is C29H30O6. The molecule has 1 heterocycles. The Morgan fingerprint density at radius 3 is 2.31 bits per heavy atom. The highest BCUT2D eigenvalue weighted by Crippen LogP contribution is 2.66. The van der Waals surface area contributed by atoms with Crippen LogP contribution in [0.5, 0.6) is 0 Å². The molecular weight excluding hydrogens is 444 g/mol. The molecule has 0 aromatic heterocycles. The summed E-state index contributed by atoms with van der Waals surface area (Å²) in [5.74, 6) is 2.11. The van der Waals surface area contributed by atoms with Crippen LogP contribution in [0, 0.1) is 35.5 Å². The summed E-state index contributed by atoms with van der Waals surface area (Å²) in [5.41, 5.74) is 0.548. The van der Waals surface area contributed by atoms with Crippen LogP contribution in [0.15, 0.2) is 54.6 Å². The second kappa shape index (κ2) is 8.37. The number of rotatable bonds is 4. The average Bonchev–Trinajstić information content (AvgIpc) is 3.65. The number of carbonyl (C=O) groups is 2. The molecule has 1 saturated heterocycles. The van der Waals surface area contributed by atoms with Crippen LogP contribution in [0.3, 0.4) is 0 Å². The van der Waals surface area contributed by atoms with Gasteiger partial charge in [-0.3, -0.25) is 0 Å². The summed E-state index contributed by atoms with van der Waals surface area (Å²) in [7, 11) is 0. The lowest BCUT2D eigenvalue weighted by Crippen LogP contribution is -2.48. The summed E-state index contributed by atoms with van der Waals surface area (Å²) in [6.45, 7) is 0.594. The second-order valence-electron chi connectivity index (χ2n) is 10.8. The Balaban J connectivity index is 1.15. The number of hydrogen-bond acceptors (Lipinski definition) is 6. The number of fused-ring (bicyclic) bond motifs is 10. The molecule has 0 spiro atoms.